The Kier molecular flexibility index (Phi) is 3.36. The lowest BCUT2D eigenvalue weighted by Crippen LogP contribution is -2.28. The van der Waals surface area contributed by atoms with Gasteiger partial charge in [0.25, 0.3) is 5.91 Å². The smallest absolute Gasteiger partial charge is 0.272 e. The molecule has 1 aromatic carbocycles. The molecule has 0 saturated carbocycles. The number of rotatable bonds is 2. The Morgan fingerprint density at radius 2 is 2.22 bits per heavy atom. The fraction of sp³-hybridized carbons (Fsp3) is 0.444. The summed E-state index contributed by atoms with van der Waals surface area (Å²) in [4.78, 5) is 17.2. The van der Waals surface area contributed by atoms with Crippen molar-refractivity contribution in [3.63, 3.8) is 0 Å². The number of carbonyl (C=O) groups is 1. The minimum Gasteiger partial charge on any atom is -0.508 e. The third kappa shape index (κ3) is 2.31. The second-order valence-electron chi connectivity index (χ2n) is 6.47. The Morgan fingerprint density at radius 1 is 1.35 bits per heavy atom. The van der Waals surface area contributed by atoms with Gasteiger partial charge in [-0.1, -0.05) is 12.1 Å². The molecule has 0 radical (unpaired) electrons. The van der Waals surface area contributed by atoms with Crippen LogP contribution in [0.2, 0.25) is 0 Å². The highest BCUT2D eigenvalue weighted by atomic mass is 16.3. The number of phenolic OH excluding ortho intramolecular Hbond substituents is 1. The summed E-state index contributed by atoms with van der Waals surface area (Å²) in [6.45, 7) is 2.93. The van der Waals surface area contributed by atoms with Crippen molar-refractivity contribution in [1.82, 2.24) is 14.9 Å². The Hall–Kier alpha value is -2.30. The Bertz CT molecular complexity index is 779. The molecule has 5 heteroatoms. The first-order chi connectivity index (χ1) is 11.1. The first-order valence-corrected chi connectivity index (χ1v) is 8.33. The summed E-state index contributed by atoms with van der Waals surface area (Å²) in [5.41, 5.74) is 3.64. The molecule has 5 nitrogen and oxygen atoms in total. The van der Waals surface area contributed by atoms with E-state index in [1.165, 1.54) is 0 Å². The van der Waals surface area contributed by atoms with Crippen LogP contribution in [0, 0.1) is 6.92 Å². The van der Waals surface area contributed by atoms with E-state index in [-0.39, 0.29) is 11.9 Å². The largest absolute Gasteiger partial charge is 0.508 e. The third-order valence-electron chi connectivity index (χ3n) is 5.08. The number of amides is 1. The van der Waals surface area contributed by atoms with E-state index in [2.05, 4.69) is 14.9 Å². The van der Waals surface area contributed by atoms with Gasteiger partial charge in [-0.3, -0.25) is 4.79 Å². The summed E-state index contributed by atoms with van der Waals surface area (Å²) < 4.78 is 2.17. The minimum absolute atomic E-state index is 0.0363. The molecular weight excluding hydrogens is 290 g/mol. The molecule has 0 fully saturated rings. The third-order valence-corrected chi connectivity index (χ3v) is 5.08. The van der Waals surface area contributed by atoms with Crippen molar-refractivity contribution in [3.8, 4) is 5.75 Å². The Morgan fingerprint density at radius 3 is 3.09 bits per heavy atom. The van der Waals surface area contributed by atoms with Crippen molar-refractivity contribution in [2.45, 2.75) is 51.6 Å². The van der Waals surface area contributed by atoms with E-state index in [1.807, 2.05) is 19.1 Å². The Labute approximate surface area is 135 Å². The standard InChI is InChI=1S/C18H21N3O2/c1-11-19-17(15-6-2-3-10-21(11)15)18(23)20-14-9-8-13-12(14)5-4-7-16(13)22/h4-5,7,14,22H,2-3,6,8-10H2,1H3,(H,20,23)/t14-/m0/s1. The normalized spacial score (nSPS) is 19.3. The van der Waals surface area contributed by atoms with Crippen molar-refractivity contribution in [3.05, 3.63) is 46.5 Å². The molecule has 1 aliphatic heterocycles. The van der Waals surface area contributed by atoms with Crippen molar-refractivity contribution >= 4 is 5.91 Å². The van der Waals surface area contributed by atoms with Crippen LogP contribution in [-0.4, -0.2) is 20.6 Å². The van der Waals surface area contributed by atoms with Crippen LogP contribution in [0.15, 0.2) is 18.2 Å². The first-order valence-electron chi connectivity index (χ1n) is 8.33. The van der Waals surface area contributed by atoms with Gasteiger partial charge in [-0.05, 0) is 56.2 Å². The van der Waals surface area contributed by atoms with Crippen molar-refractivity contribution in [2.75, 3.05) is 0 Å². The predicted octanol–water partition coefficient (Wildman–Crippen LogP) is 2.65. The van der Waals surface area contributed by atoms with E-state index < -0.39 is 0 Å². The molecule has 1 aliphatic carbocycles. The summed E-state index contributed by atoms with van der Waals surface area (Å²) in [5.74, 6) is 1.16. The van der Waals surface area contributed by atoms with Crippen LogP contribution in [0.4, 0.5) is 0 Å². The van der Waals surface area contributed by atoms with Crippen molar-refractivity contribution < 1.29 is 9.90 Å². The van der Waals surface area contributed by atoms with Gasteiger partial charge in [0.1, 0.15) is 17.3 Å². The quantitative estimate of drug-likeness (QED) is 0.896. The van der Waals surface area contributed by atoms with E-state index in [4.69, 9.17) is 0 Å². The van der Waals surface area contributed by atoms with Crippen LogP contribution < -0.4 is 5.32 Å². The highest BCUT2D eigenvalue weighted by Crippen LogP contribution is 2.36. The van der Waals surface area contributed by atoms with Crippen molar-refractivity contribution in [1.29, 1.82) is 0 Å². The molecule has 4 rings (SSSR count). The van der Waals surface area contributed by atoms with Gasteiger partial charge in [0.05, 0.1) is 11.7 Å². The van der Waals surface area contributed by atoms with Gasteiger partial charge in [0, 0.05) is 6.54 Å². The van der Waals surface area contributed by atoms with Crippen LogP contribution in [-0.2, 0) is 19.4 Å². The molecule has 2 aromatic rings. The lowest BCUT2D eigenvalue weighted by molar-refractivity contribution is 0.0930. The molecule has 1 amide bonds. The number of imidazole rings is 1. The molecule has 0 spiro atoms. The van der Waals surface area contributed by atoms with Gasteiger partial charge < -0.3 is 15.0 Å². The summed E-state index contributed by atoms with van der Waals surface area (Å²) in [5, 5.41) is 13.0. The van der Waals surface area contributed by atoms with Crippen LogP contribution in [0.25, 0.3) is 0 Å². The summed E-state index contributed by atoms with van der Waals surface area (Å²) in [6.07, 6.45) is 4.82. The molecule has 1 aromatic heterocycles. The van der Waals surface area contributed by atoms with E-state index in [0.29, 0.717) is 11.4 Å². The highest BCUT2D eigenvalue weighted by Gasteiger charge is 2.29. The van der Waals surface area contributed by atoms with E-state index >= 15 is 0 Å². The van der Waals surface area contributed by atoms with Crippen LogP contribution in [0.5, 0.6) is 5.75 Å². The molecule has 2 aliphatic rings. The van der Waals surface area contributed by atoms with Gasteiger partial charge in [0.2, 0.25) is 0 Å². The zero-order chi connectivity index (χ0) is 16.0. The lowest BCUT2D eigenvalue weighted by atomic mass is 10.1. The maximum absolute atomic E-state index is 12.7. The van der Waals surface area contributed by atoms with Crippen LogP contribution in [0.3, 0.4) is 0 Å². The molecule has 23 heavy (non-hydrogen) atoms. The average molecular weight is 311 g/mol. The number of nitrogens with one attached hydrogen (secondary N) is 1. The number of hydrogen-bond acceptors (Lipinski definition) is 3. The number of phenols is 1. The number of hydrogen-bond donors (Lipinski definition) is 2. The zero-order valence-corrected chi connectivity index (χ0v) is 13.3. The average Bonchev–Trinajstić information content (AvgIpc) is 3.11. The van der Waals surface area contributed by atoms with Gasteiger partial charge in [-0.15, -0.1) is 0 Å². The monoisotopic (exact) mass is 311 g/mol. The van der Waals surface area contributed by atoms with E-state index in [9.17, 15) is 9.90 Å². The molecule has 0 bridgehead atoms. The summed E-state index contributed by atoms with van der Waals surface area (Å²) >= 11 is 0. The number of aryl methyl sites for hydroxylation is 1. The molecule has 0 saturated heterocycles. The van der Waals surface area contributed by atoms with Gasteiger partial charge in [-0.25, -0.2) is 4.98 Å². The Balaban J connectivity index is 1.60. The minimum atomic E-state index is -0.0926. The predicted molar refractivity (Wildman–Crippen MR) is 86.5 cm³/mol. The topological polar surface area (TPSA) is 67.2 Å². The fourth-order valence-corrected chi connectivity index (χ4v) is 3.92. The number of aromatic hydroxyl groups is 1. The highest BCUT2D eigenvalue weighted by molar-refractivity contribution is 5.94. The summed E-state index contributed by atoms with van der Waals surface area (Å²) in [7, 11) is 0. The maximum Gasteiger partial charge on any atom is 0.272 e. The number of carbonyl (C=O) groups excluding carboxylic acids is 1. The molecular formula is C18H21N3O2. The number of aromatic nitrogens is 2. The van der Waals surface area contributed by atoms with Gasteiger partial charge >= 0.3 is 0 Å². The first kappa shape index (κ1) is 14.3. The molecule has 2 N–H and O–H groups in total. The van der Waals surface area contributed by atoms with Crippen LogP contribution >= 0.6 is 0 Å². The number of nitrogens with zero attached hydrogens (tertiary/aromatic N) is 2. The summed E-state index contributed by atoms with van der Waals surface area (Å²) in [6, 6.07) is 5.49. The van der Waals surface area contributed by atoms with Gasteiger partial charge in [0.15, 0.2) is 0 Å². The van der Waals surface area contributed by atoms with Crippen LogP contribution in [0.1, 0.15) is 58.4 Å². The maximum atomic E-state index is 12.7. The van der Waals surface area contributed by atoms with E-state index in [0.717, 1.165) is 61.3 Å². The molecule has 2 heterocycles. The van der Waals surface area contributed by atoms with E-state index in [1.54, 1.807) is 6.07 Å². The number of benzene rings is 1. The second-order valence-corrected chi connectivity index (χ2v) is 6.47. The molecule has 120 valence electrons. The molecule has 1 atom stereocenters. The SMILES string of the molecule is Cc1nc(C(=O)N[C@H]2CCc3c(O)cccc32)c2n1CCCC2. The lowest BCUT2D eigenvalue weighted by Gasteiger charge is -2.17. The number of fused-ring (bicyclic) bond motifs is 2. The van der Waals surface area contributed by atoms with Crippen molar-refractivity contribution in [2.24, 2.45) is 0 Å². The zero-order valence-electron chi connectivity index (χ0n) is 13.3. The van der Waals surface area contributed by atoms with Gasteiger partial charge in [-0.2, -0.15) is 0 Å². The molecule has 0 unspecified atom stereocenters. The second kappa shape index (κ2) is 5.41. The fourth-order valence-electron chi connectivity index (χ4n) is 3.92.